The van der Waals surface area contributed by atoms with E-state index in [1.54, 1.807) is 0 Å². The maximum absolute atomic E-state index is 12.5. The number of nitrogens with zero attached hydrogens (tertiary/aromatic N) is 2. The molecule has 1 heterocycles. The van der Waals surface area contributed by atoms with Crippen LogP contribution in [-0.2, 0) is 13.0 Å². The summed E-state index contributed by atoms with van der Waals surface area (Å²) in [5.74, 6) is 1.07. The minimum absolute atomic E-state index is 0.0527. The number of amides is 1. The van der Waals surface area contributed by atoms with Gasteiger partial charge in [-0.2, -0.15) is 0 Å². The number of rotatable bonds is 7. The first kappa shape index (κ1) is 21.1. The van der Waals surface area contributed by atoms with Crippen molar-refractivity contribution in [2.75, 3.05) is 19.6 Å². The molecule has 0 unspecified atom stereocenters. The van der Waals surface area contributed by atoms with Crippen molar-refractivity contribution in [3.63, 3.8) is 0 Å². The molecule has 0 radical (unpaired) electrons. The fourth-order valence-electron chi connectivity index (χ4n) is 3.70. The number of nitrogens with one attached hydrogen (secondary N) is 1. The molecule has 0 saturated carbocycles. The minimum Gasteiger partial charge on any atom is -0.354 e. The molecule has 1 amide bonds. The van der Waals surface area contributed by atoms with Crippen LogP contribution in [0.15, 0.2) is 77.8 Å². The lowest BCUT2D eigenvalue weighted by Crippen LogP contribution is -2.25. The van der Waals surface area contributed by atoms with Crippen LogP contribution < -0.4 is 5.32 Å². The van der Waals surface area contributed by atoms with Crippen molar-refractivity contribution in [1.29, 1.82) is 0 Å². The lowest BCUT2D eigenvalue weighted by Gasteiger charge is -2.18. The van der Waals surface area contributed by atoms with Crippen LogP contribution >= 0.6 is 11.6 Å². The maximum Gasteiger partial charge on any atom is 0.251 e. The normalized spacial score (nSPS) is 13.2. The van der Waals surface area contributed by atoms with Gasteiger partial charge in [-0.1, -0.05) is 60.1 Å². The molecule has 3 aromatic carbocycles. The molecule has 158 valence electrons. The summed E-state index contributed by atoms with van der Waals surface area (Å²) in [7, 11) is 0. The Hall–Kier alpha value is -3.11. The van der Waals surface area contributed by atoms with E-state index in [-0.39, 0.29) is 5.91 Å². The zero-order valence-electron chi connectivity index (χ0n) is 17.6. The van der Waals surface area contributed by atoms with Crippen LogP contribution in [0, 0.1) is 0 Å². The Balaban J connectivity index is 1.26. The largest absolute Gasteiger partial charge is 0.354 e. The molecule has 4 rings (SSSR count). The smallest absolute Gasteiger partial charge is 0.251 e. The molecule has 0 spiro atoms. The van der Waals surface area contributed by atoms with Gasteiger partial charge < -0.3 is 10.2 Å². The van der Waals surface area contributed by atoms with Crippen LogP contribution in [0.5, 0.6) is 0 Å². The SMILES string of the molecule is CC1=NCCN1Cc1ccc(CCNC(=O)c2ccc(-c3ccc(Cl)cc3)cc2)cc1. The van der Waals surface area contributed by atoms with E-state index in [0.29, 0.717) is 17.1 Å². The van der Waals surface area contributed by atoms with E-state index in [1.807, 2.05) is 48.5 Å². The average molecular weight is 432 g/mol. The first-order valence-corrected chi connectivity index (χ1v) is 10.9. The van der Waals surface area contributed by atoms with Gasteiger partial charge in [-0.3, -0.25) is 9.79 Å². The van der Waals surface area contributed by atoms with Gasteiger partial charge in [0.25, 0.3) is 5.91 Å². The van der Waals surface area contributed by atoms with E-state index < -0.39 is 0 Å². The van der Waals surface area contributed by atoms with Gasteiger partial charge in [0.05, 0.1) is 12.4 Å². The van der Waals surface area contributed by atoms with Crippen LogP contribution in [0.25, 0.3) is 11.1 Å². The molecule has 31 heavy (non-hydrogen) atoms. The molecular formula is C26H26ClN3O. The Bertz CT molecular complexity index is 1060. The van der Waals surface area contributed by atoms with Gasteiger partial charge in [-0.15, -0.1) is 0 Å². The number of carbonyl (C=O) groups is 1. The third-order valence-electron chi connectivity index (χ3n) is 5.59. The minimum atomic E-state index is -0.0527. The highest BCUT2D eigenvalue weighted by molar-refractivity contribution is 6.30. The van der Waals surface area contributed by atoms with Crippen molar-refractivity contribution < 1.29 is 4.79 Å². The number of carbonyl (C=O) groups excluding carboxylic acids is 1. The Kier molecular flexibility index (Phi) is 6.68. The fourth-order valence-corrected chi connectivity index (χ4v) is 3.82. The van der Waals surface area contributed by atoms with Crippen molar-refractivity contribution in [3.05, 3.63) is 94.5 Å². The van der Waals surface area contributed by atoms with Crippen LogP contribution in [-0.4, -0.2) is 36.3 Å². The van der Waals surface area contributed by atoms with Gasteiger partial charge in [0.15, 0.2) is 0 Å². The van der Waals surface area contributed by atoms with Gasteiger partial charge in [0.2, 0.25) is 0 Å². The molecule has 0 atom stereocenters. The zero-order valence-corrected chi connectivity index (χ0v) is 18.4. The molecule has 0 aromatic heterocycles. The first-order valence-electron chi connectivity index (χ1n) is 10.6. The predicted octanol–water partition coefficient (Wildman–Crippen LogP) is 5.21. The first-order chi connectivity index (χ1) is 15.1. The van der Waals surface area contributed by atoms with Crippen LogP contribution in [0.2, 0.25) is 5.02 Å². The molecule has 0 saturated heterocycles. The van der Waals surface area contributed by atoms with Gasteiger partial charge in [0.1, 0.15) is 0 Å². The van der Waals surface area contributed by atoms with Crippen LogP contribution in [0.3, 0.4) is 0 Å². The van der Waals surface area contributed by atoms with Gasteiger partial charge in [-0.05, 0) is 59.9 Å². The van der Waals surface area contributed by atoms with Crippen molar-refractivity contribution in [2.24, 2.45) is 4.99 Å². The number of benzene rings is 3. The summed E-state index contributed by atoms with van der Waals surface area (Å²) in [6, 6.07) is 23.9. The molecule has 3 aromatic rings. The van der Waals surface area contributed by atoms with Crippen molar-refractivity contribution in [3.8, 4) is 11.1 Å². The summed E-state index contributed by atoms with van der Waals surface area (Å²) >= 11 is 5.95. The summed E-state index contributed by atoms with van der Waals surface area (Å²) < 4.78 is 0. The van der Waals surface area contributed by atoms with Gasteiger partial charge >= 0.3 is 0 Å². The van der Waals surface area contributed by atoms with Crippen molar-refractivity contribution >= 4 is 23.3 Å². The highest BCUT2D eigenvalue weighted by atomic mass is 35.5. The standard InChI is InChI=1S/C26H26ClN3O/c1-19-28-16-17-30(19)18-21-4-2-20(3-5-21)14-15-29-26(31)24-8-6-22(7-9-24)23-10-12-25(27)13-11-23/h2-13H,14-18H2,1H3,(H,29,31). The summed E-state index contributed by atoms with van der Waals surface area (Å²) in [6.07, 6.45) is 0.805. The molecule has 4 nitrogen and oxygen atoms in total. The lowest BCUT2D eigenvalue weighted by atomic mass is 10.0. The number of hydrogen-bond donors (Lipinski definition) is 1. The second-order valence-electron chi connectivity index (χ2n) is 7.76. The summed E-state index contributed by atoms with van der Waals surface area (Å²) in [6.45, 7) is 5.47. The van der Waals surface area contributed by atoms with Crippen LogP contribution in [0.1, 0.15) is 28.4 Å². The predicted molar refractivity (Wildman–Crippen MR) is 128 cm³/mol. The van der Waals surface area contributed by atoms with Crippen molar-refractivity contribution in [2.45, 2.75) is 19.9 Å². The second kappa shape index (κ2) is 9.80. The molecular weight excluding hydrogens is 406 g/mol. The maximum atomic E-state index is 12.5. The summed E-state index contributed by atoms with van der Waals surface area (Å²) in [5, 5.41) is 3.73. The number of halogens is 1. The fraction of sp³-hybridized carbons (Fsp3) is 0.231. The van der Waals surface area contributed by atoms with E-state index in [1.165, 1.54) is 11.1 Å². The zero-order chi connectivity index (χ0) is 21.6. The van der Waals surface area contributed by atoms with Crippen LogP contribution in [0.4, 0.5) is 0 Å². The molecule has 5 heteroatoms. The monoisotopic (exact) mass is 431 g/mol. The Morgan fingerprint density at radius 3 is 2.16 bits per heavy atom. The topological polar surface area (TPSA) is 44.7 Å². The van der Waals surface area contributed by atoms with E-state index >= 15 is 0 Å². The van der Waals surface area contributed by atoms with Crippen molar-refractivity contribution in [1.82, 2.24) is 10.2 Å². The molecule has 1 N–H and O–H groups in total. The Morgan fingerprint density at radius 1 is 0.935 bits per heavy atom. The van der Waals surface area contributed by atoms with Gasteiger partial charge in [-0.25, -0.2) is 0 Å². The number of amidine groups is 1. The molecule has 0 aliphatic carbocycles. The lowest BCUT2D eigenvalue weighted by molar-refractivity contribution is 0.0954. The molecule has 0 fully saturated rings. The van der Waals surface area contributed by atoms with Gasteiger partial charge in [0, 0.05) is 30.2 Å². The third-order valence-corrected chi connectivity index (χ3v) is 5.84. The average Bonchev–Trinajstić information content (AvgIpc) is 3.20. The molecule has 1 aliphatic heterocycles. The quantitative estimate of drug-likeness (QED) is 0.557. The highest BCUT2D eigenvalue weighted by Crippen LogP contribution is 2.22. The summed E-state index contributed by atoms with van der Waals surface area (Å²) in [5.41, 5.74) is 5.30. The Labute approximate surface area is 188 Å². The molecule has 1 aliphatic rings. The van der Waals surface area contributed by atoms with E-state index in [4.69, 9.17) is 11.6 Å². The second-order valence-corrected chi connectivity index (χ2v) is 8.19. The van der Waals surface area contributed by atoms with E-state index in [9.17, 15) is 4.79 Å². The Morgan fingerprint density at radius 2 is 1.55 bits per heavy atom. The third kappa shape index (κ3) is 5.53. The molecule has 0 bridgehead atoms. The van der Waals surface area contributed by atoms with E-state index in [2.05, 4.69) is 46.4 Å². The van der Waals surface area contributed by atoms with E-state index in [0.717, 1.165) is 43.0 Å². The highest BCUT2D eigenvalue weighted by Gasteiger charge is 2.12. The summed E-state index contributed by atoms with van der Waals surface area (Å²) in [4.78, 5) is 19.2. The number of hydrogen-bond acceptors (Lipinski definition) is 3. The number of aliphatic imine (C=N–C) groups is 1.